The van der Waals surface area contributed by atoms with Crippen molar-refractivity contribution in [3.05, 3.63) is 70.3 Å². The van der Waals surface area contributed by atoms with Gasteiger partial charge in [0.2, 0.25) is 0 Å². The summed E-state index contributed by atoms with van der Waals surface area (Å²) < 4.78 is 9.98. The van der Waals surface area contributed by atoms with Crippen molar-refractivity contribution in [2.75, 3.05) is 5.73 Å². The highest BCUT2D eigenvalue weighted by molar-refractivity contribution is 6.29. The Kier molecular flexibility index (Phi) is 4.47. The van der Waals surface area contributed by atoms with Crippen LogP contribution in [0.25, 0.3) is 16.9 Å². The first kappa shape index (κ1) is 18.7. The van der Waals surface area contributed by atoms with E-state index >= 15 is 0 Å². The predicted octanol–water partition coefficient (Wildman–Crippen LogP) is 4.18. The summed E-state index contributed by atoms with van der Waals surface area (Å²) in [6.45, 7) is 5.18. The minimum atomic E-state index is 0.336. The van der Waals surface area contributed by atoms with Gasteiger partial charge in [0.15, 0.2) is 16.7 Å². The number of aromatic nitrogens is 5. The van der Waals surface area contributed by atoms with Crippen molar-refractivity contribution in [2.45, 2.75) is 33.4 Å². The molecule has 0 amide bonds. The van der Waals surface area contributed by atoms with Gasteiger partial charge in [0, 0.05) is 35.9 Å². The van der Waals surface area contributed by atoms with Gasteiger partial charge in [0.05, 0.1) is 23.3 Å². The van der Waals surface area contributed by atoms with E-state index in [1.807, 2.05) is 33.8 Å². The van der Waals surface area contributed by atoms with Crippen LogP contribution in [0.2, 0.25) is 5.15 Å². The number of anilines is 1. The van der Waals surface area contributed by atoms with Gasteiger partial charge in [-0.3, -0.25) is 4.68 Å². The molecule has 1 aliphatic rings. The monoisotopic (exact) mass is 420 g/mol. The highest BCUT2D eigenvalue weighted by Gasteiger charge is 2.20. The molecule has 0 aliphatic carbocycles. The molecule has 1 aromatic carbocycles. The molecule has 4 heterocycles. The summed E-state index contributed by atoms with van der Waals surface area (Å²) in [5.74, 6) is 0.908. The number of rotatable bonds is 1. The van der Waals surface area contributed by atoms with Gasteiger partial charge in [-0.05, 0) is 32.0 Å². The molecule has 0 atom stereocenters. The first-order chi connectivity index (χ1) is 14.5. The third-order valence-corrected chi connectivity index (χ3v) is 5.53. The van der Waals surface area contributed by atoms with Gasteiger partial charge < -0.3 is 10.5 Å². The number of fused-ring (bicyclic) bond motifs is 7. The molecule has 2 bridgehead atoms. The van der Waals surface area contributed by atoms with Crippen LogP contribution in [0.3, 0.4) is 0 Å². The molecular weight excluding hydrogens is 400 g/mol. The van der Waals surface area contributed by atoms with Crippen molar-refractivity contribution >= 4 is 17.4 Å². The van der Waals surface area contributed by atoms with Crippen molar-refractivity contribution in [3.63, 3.8) is 0 Å². The Morgan fingerprint density at radius 1 is 1.17 bits per heavy atom. The maximum atomic E-state index is 6.33. The van der Waals surface area contributed by atoms with Gasteiger partial charge in [-0.15, -0.1) is 0 Å². The van der Waals surface area contributed by atoms with Crippen LogP contribution in [0.15, 0.2) is 42.7 Å². The topological polar surface area (TPSA) is 83.8 Å². The van der Waals surface area contributed by atoms with Crippen LogP contribution in [0.1, 0.15) is 29.3 Å². The molecule has 0 fully saturated rings. The number of nitrogens with two attached hydrogens (primary N) is 1. The van der Waals surface area contributed by atoms with E-state index in [1.54, 1.807) is 6.20 Å². The summed E-state index contributed by atoms with van der Waals surface area (Å²) in [4.78, 5) is 4.38. The zero-order chi connectivity index (χ0) is 20.8. The second-order valence-electron chi connectivity index (χ2n) is 7.41. The first-order valence-corrected chi connectivity index (χ1v) is 10.2. The SMILES string of the molecule is CCn1ncc2c1-c1cnc(N)c(c1)OCc1cc(C)ccc1-n1nc(Cl)cc1C2. The molecule has 152 valence electrons. The van der Waals surface area contributed by atoms with Crippen LogP contribution in [0.5, 0.6) is 5.75 Å². The number of hydrogen-bond acceptors (Lipinski definition) is 5. The Morgan fingerprint density at radius 3 is 2.87 bits per heavy atom. The predicted molar refractivity (Wildman–Crippen MR) is 116 cm³/mol. The fourth-order valence-corrected chi connectivity index (χ4v) is 4.14. The zero-order valence-electron chi connectivity index (χ0n) is 16.8. The Balaban J connectivity index is 1.78. The van der Waals surface area contributed by atoms with Gasteiger partial charge in [-0.1, -0.05) is 29.3 Å². The largest absolute Gasteiger partial charge is 0.485 e. The lowest BCUT2D eigenvalue weighted by Gasteiger charge is -2.17. The Morgan fingerprint density at radius 2 is 2.03 bits per heavy atom. The van der Waals surface area contributed by atoms with E-state index < -0.39 is 0 Å². The third kappa shape index (κ3) is 3.11. The number of nitrogens with zero attached hydrogens (tertiary/aromatic N) is 5. The molecule has 0 saturated heterocycles. The molecule has 2 N–H and O–H groups in total. The average Bonchev–Trinajstić information content (AvgIpc) is 3.30. The summed E-state index contributed by atoms with van der Waals surface area (Å²) in [5.41, 5.74) is 13.1. The third-order valence-electron chi connectivity index (χ3n) is 5.34. The van der Waals surface area contributed by atoms with E-state index in [2.05, 4.69) is 41.2 Å². The van der Waals surface area contributed by atoms with Crippen molar-refractivity contribution in [3.8, 4) is 22.7 Å². The molecule has 0 unspecified atom stereocenters. The number of halogens is 1. The summed E-state index contributed by atoms with van der Waals surface area (Å²) in [7, 11) is 0. The molecule has 4 aromatic rings. The fourth-order valence-electron chi connectivity index (χ4n) is 3.94. The van der Waals surface area contributed by atoms with Crippen molar-refractivity contribution < 1.29 is 4.74 Å². The normalized spacial score (nSPS) is 12.8. The standard InChI is InChI=1S/C22H21ClN6O/c1-3-28-21-14(11-26-28)7-17-9-20(23)27-29(17)18-5-4-13(2)6-16(18)12-30-19-8-15(21)10-25-22(19)24/h4-6,8-11H,3,7,12H2,1-2H3,(H2,24,25). The van der Waals surface area contributed by atoms with E-state index in [1.165, 1.54) is 0 Å². The van der Waals surface area contributed by atoms with Gasteiger partial charge >= 0.3 is 0 Å². The lowest BCUT2D eigenvalue weighted by molar-refractivity contribution is 0.306. The van der Waals surface area contributed by atoms with E-state index in [0.29, 0.717) is 29.7 Å². The second-order valence-corrected chi connectivity index (χ2v) is 7.80. The molecule has 0 saturated carbocycles. The molecule has 30 heavy (non-hydrogen) atoms. The average molecular weight is 421 g/mol. The Labute approximate surface area is 179 Å². The maximum absolute atomic E-state index is 6.33. The zero-order valence-corrected chi connectivity index (χ0v) is 17.5. The lowest BCUT2D eigenvalue weighted by atomic mass is 10.0. The number of benzene rings is 1. The second kappa shape index (κ2) is 7.18. The van der Waals surface area contributed by atoms with Crippen LogP contribution in [-0.4, -0.2) is 24.5 Å². The van der Waals surface area contributed by atoms with Crippen LogP contribution in [0.4, 0.5) is 5.82 Å². The van der Waals surface area contributed by atoms with Crippen LogP contribution < -0.4 is 10.5 Å². The van der Waals surface area contributed by atoms with E-state index in [9.17, 15) is 0 Å². The van der Waals surface area contributed by atoms with E-state index in [4.69, 9.17) is 22.1 Å². The molecule has 0 radical (unpaired) electrons. The number of aryl methyl sites for hydroxylation is 2. The summed E-state index contributed by atoms with van der Waals surface area (Å²) >= 11 is 6.33. The number of hydrogen-bond donors (Lipinski definition) is 1. The summed E-state index contributed by atoms with van der Waals surface area (Å²) in [6, 6.07) is 10.0. The lowest BCUT2D eigenvalue weighted by Crippen LogP contribution is -2.10. The molecule has 1 aliphatic heterocycles. The van der Waals surface area contributed by atoms with Crippen LogP contribution in [0, 0.1) is 6.92 Å². The Bertz CT molecular complexity index is 1260. The van der Waals surface area contributed by atoms with Gasteiger partial charge in [-0.2, -0.15) is 10.2 Å². The smallest absolute Gasteiger partial charge is 0.166 e. The van der Waals surface area contributed by atoms with E-state index in [0.717, 1.165) is 45.9 Å². The minimum Gasteiger partial charge on any atom is -0.485 e. The first-order valence-electron chi connectivity index (χ1n) is 9.81. The van der Waals surface area contributed by atoms with Crippen LogP contribution >= 0.6 is 11.6 Å². The van der Waals surface area contributed by atoms with Gasteiger partial charge in [-0.25, -0.2) is 9.67 Å². The van der Waals surface area contributed by atoms with Crippen LogP contribution in [-0.2, 0) is 19.6 Å². The Hall–Kier alpha value is -3.32. The number of ether oxygens (including phenoxy) is 1. The number of pyridine rings is 1. The quantitative estimate of drug-likeness (QED) is 0.499. The summed E-state index contributed by atoms with van der Waals surface area (Å²) in [5, 5.41) is 9.58. The van der Waals surface area contributed by atoms with Crippen molar-refractivity contribution in [1.29, 1.82) is 0 Å². The highest BCUT2D eigenvalue weighted by Crippen LogP contribution is 2.33. The fraction of sp³-hybridized carbons (Fsp3) is 0.227. The minimum absolute atomic E-state index is 0.336. The molecule has 0 spiro atoms. The van der Waals surface area contributed by atoms with Gasteiger partial charge in [0.25, 0.3) is 0 Å². The van der Waals surface area contributed by atoms with Crippen molar-refractivity contribution in [2.24, 2.45) is 0 Å². The molecule has 8 heteroatoms. The molecule has 5 rings (SSSR count). The van der Waals surface area contributed by atoms with Gasteiger partial charge in [0.1, 0.15) is 6.61 Å². The molecule has 7 nitrogen and oxygen atoms in total. The number of nitrogen functional groups attached to an aromatic ring is 1. The molecular formula is C22H21ClN6O. The van der Waals surface area contributed by atoms with Crippen molar-refractivity contribution in [1.82, 2.24) is 24.5 Å². The van der Waals surface area contributed by atoms with E-state index in [-0.39, 0.29) is 0 Å². The maximum Gasteiger partial charge on any atom is 0.166 e. The molecule has 3 aromatic heterocycles. The highest BCUT2D eigenvalue weighted by atomic mass is 35.5. The summed E-state index contributed by atoms with van der Waals surface area (Å²) in [6.07, 6.45) is 4.29.